The van der Waals surface area contributed by atoms with Crippen molar-refractivity contribution < 1.29 is 9.90 Å². The number of nitrogens with one attached hydrogen (secondary N) is 1. The number of carboxylic acids is 1. The summed E-state index contributed by atoms with van der Waals surface area (Å²) in [7, 11) is 0. The SMILES string of the molecule is O=C(O)c1cc2c(nc1NCCC1CC1)CCC2. The van der Waals surface area contributed by atoms with Crippen molar-refractivity contribution in [2.75, 3.05) is 11.9 Å². The van der Waals surface area contributed by atoms with Gasteiger partial charge in [0.2, 0.25) is 0 Å². The van der Waals surface area contributed by atoms with Gasteiger partial charge in [-0.2, -0.15) is 0 Å². The zero-order valence-corrected chi connectivity index (χ0v) is 10.4. The van der Waals surface area contributed by atoms with Crippen molar-refractivity contribution in [2.24, 2.45) is 5.92 Å². The molecular weight excluding hydrogens is 228 g/mol. The molecule has 4 nitrogen and oxygen atoms in total. The van der Waals surface area contributed by atoms with E-state index in [1.807, 2.05) is 0 Å². The van der Waals surface area contributed by atoms with Crippen LogP contribution >= 0.6 is 0 Å². The van der Waals surface area contributed by atoms with Crippen molar-refractivity contribution in [3.8, 4) is 0 Å². The van der Waals surface area contributed by atoms with Gasteiger partial charge >= 0.3 is 5.97 Å². The van der Waals surface area contributed by atoms with Crippen LogP contribution < -0.4 is 5.32 Å². The minimum atomic E-state index is -0.883. The lowest BCUT2D eigenvalue weighted by molar-refractivity contribution is 0.0697. The number of carbonyl (C=O) groups is 1. The lowest BCUT2D eigenvalue weighted by Crippen LogP contribution is -2.11. The fourth-order valence-corrected chi connectivity index (χ4v) is 2.57. The van der Waals surface area contributed by atoms with Crippen LogP contribution in [0.25, 0.3) is 0 Å². The molecule has 0 radical (unpaired) electrons. The lowest BCUT2D eigenvalue weighted by Gasteiger charge is -2.10. The minimum Gasteiger partial charge on any atom is -0.478 e. The van der Waals surface area contributed by atoms with Gasteiger partial charge in [-0.05, 0) is 43.2 Å². The van der Waals surface area contributed by atoms with Crippen molar-refractivity contribution in [3.05, 3.63) is 22.9 Å². The van der Waals surface area contributed by atoms with Gasteiger partial charge < -0.3 is 10.4 Å². The Labute approximate surface area is 106 Å². The molecule has 2 aliphatic rings. The number of aryl methyl sites for hydroxylation is 2. The van der Waals surface area contributed by atoms with E-state index in [2.05, 4.69) is 10.3 Å². The standard InChI is InChI=1S/C14H18N2O2/c17-14(18)11-8-10-2-1-3-12(10)16-13(11)15-7-6-9-4-5-9/h8-9H,1-7H2,(H,15,16)(H,17,18). The number of pyridine rings is 1. The van der Waals surface area contributed by atoms with Gasteiger partial charge in [-0.1, -0.05) is 12.8 Å². The first-order chi connectivity index (χ1) is 8.74. The number of carboxylic acid groups (broad SMARTS) is 1. The summed E-state index contributed by atoms with van der Waals surface area (Å²) >= 11 is 0. The van der Waals surface area contributed by atoms with Gasteiger partial charge in [0, 0.05) is 12.2 Å². The smallest absolute Gasteiger partial charge is 0.339 e. The Morgan fingerprint density at radius 2 is 2.28 bits per heavy atom. The molecule has 2 aliphatic carbocycles. The first kappa shape index (κ1) is 11.5. The van der Waals surface area contributed by atoms with Crippen LogP contribution in [0.3, 0.4) is 0 Å². The highest BCUT2D eigenvalue weighted by atomic mass is 16.4. The fourth-order valence-electron chi connectivity index (χ4n) is 2.57. The van der Waals surface area contributed by atoms with Gasteiger partial charge in [-0.25, -0.2) is 9.78 Å². The van der Waals surface area contributed by atoms with Crippen LogP contribution in [0, 0.1) is 5.92 Å². The van der Waals surface area contributed by atoms with Gasteiger partial charge in [0.05, 0.1) is 0 Å². The van der Waals surface area contributed by atoms with Crippen LogP contribution in [0.5, 0.6) is 0 Å². The highest BCUT2D eigenvalue weighted by Gasteiger charge is 2.22. The van der Waals surface area contributed by atoms with Crippen LogP contribution in [0.2, 0.25) is 0 Å². The molecule has 0 saturated heterocycles. The van der Waals surface area contributed by atoms with Crippen molar-refractivity contribution in [2.45, 2.75) is 38.5 Å². The highest BCUT2D eigenvalue weighted by molar-refractivity contribution is 5.93. The summed E-state index contributed by atoms with van der Waals surface area (Å²) in [5.74, 6) is 0.523. The molecule has 0 spiro atoms. The number of nitrogens with zero attached hydrogens (tertiary/aromatic N) is 1. The number of hydrogen-bond donors (Lipinski definition) is 2. The van der Waals surface area contributed by atoms with Crippen LogP contribution in [0.4, 0.5) is 5.82 Å². The Bertz CT molecular complexity index is 481. The molecule has 1 saturated carbocycles. The zero-order valence-electron chi connectivity index (χ0n) is 10.4. The second-order valence-electron chi connectivity index (χ2n) is 5.31. The first-order valence-corrected chi connectivity index (χ1v) is 6.74. The summed E-state index contributed by atoms with van der Waals surface area (Å²) in [6, 6.07) is 1.80. The van der Waals surface area contributed by atoms with E-state index in [0.717, 1.165) is 49.4 Å². The Kier molecular flexibility index (Phi) is 2.94. The van der Waals surface area contributed by atoms with E-state index in [0.29, 0.717) is 11.4 Å². The molecule has 0 aromatic carbocycles. The van der Waals surface area contributed by atoms with Gasteiger partial charge in [0.25, 0.3) is 0 Å². The number of hydrogen-bond acceptors (Lipinski definition) is 3. The Hall–Kier alpha value is -1.58. The number of rotatable bonds is 5. The third-order valence-corrected chi connectivity index (χ3v) is 3.82. The van der Waals surface area contributed by atoms with E-state index in [1.54, 1.807) is 6.07 Å². The van der Waals surface area contributed by atoms with Crippen molar-refractivity contribution in [3.63, 3.8) is 0 Å². The average Bonchev–Trinajstić information content (AvgIpc) is 3.05. The number of anilines is 1. The molecule has 2 N–H and O–H groups in total. The predicted octanol–water partition coefficient (Wildman–Crippen LogP) is 2.48. The quantitative estimate of drug-likeness (QED) is 0.837. The number of aromatic nitrogens is 1. The van der Waals surface area contributed by atoms with Gasteiger partial charge in [0.1, 0.15) is 11.4 Å². The number of aromatic carboxylic acids is 1. The summed E-state index contributed by atoms with van der Waals surface area (Å²) in [4.78, 5) is 15.8. The normalized spacial score (nSPS) is 17.6. The van der Waals surface area contributed by atoms with Crippen LogP contribution in [0.1, 0.15) is 47.3 Å². The molecule has 0 amide bonds. The molecule has 1 heterocycles. The Balaban J connectivity index is 1.78. The van der Waals surface area contributed by atoms with E-state index in [-0.39, 0.29) is 0 Å². The molecule has 96 valence electrons. The molecule has 1 fully saturated rings. The van der Waals surface area contributed by atoms with Crippen molar-refractivity contribution >= 4 is 11.8 Å². The van der Waals surface area contributed by atoms with Gasteiger partial charge in [-0.3, -0.25) is 0 Å². The van der Waals surface area contributed by atoms with E-state index < -0.39 is 5.97 Å². The second kappa shape index (κ2) is 4.59. The third-order valence-electron chi connectivity index (χ3n) is 3.82. The second-order valence-corrected chi connectivity index (χ2v) is 5.31. The molecule has 0 atom stereocenters. The summed E-state index contributed by atoms with van der Waals surface area (Å²) < 4.78 is 0. The molecule has 0 bridgehead atoms. The Morgan fingerprint density at radius 1 is 1.44 bits per heavy atom. The van der Waals surface area contributed by atoms with Gasteiger partial charge in [0.15, 0.2) is 0 Å². The molecular formula is C14H18N2O2. The Morgan fingerprint density at radius 3 is 3.00 bits per heavy atom. The van der Waals surface area contributed by atoms with Crippen molar-refractivity contribution in [1.29, 1.82) is 0 Å². The molecule has 1 aromatic heterocycles. The topological polar surface area (TPSA) is 62.2 Å². The molecule has 0 unspecified atom stereocenters. The summed E-state index contributed by atoms with van der Waals surface area (Å²) in [6.45, 7) is 0.830. The summed E-state index contributed by atoms with van der Waals surface area (Å²) in [5.41, 5.74) is 2.51. The van der Waals surface area contributed by atoms with Crippen LogP contribution in [-0.4, -0.2) is 22.6 Å². The van der Waals surface area contributed by atoms with E-state index in [4.69, 9.17) is 0 Å². The molecule has 18 heavy (non-hydrogen) atoms. The zero-order chi connectivity index (χ0) is 12.5. The first-order valence-electron chi connectivity index (χ1n) is 6.74. The molecule has 1 aromatic rings. The summed E-state index contributed by atoms with van der Waals surface area (Å²) in [5, 5.41) is 12.4. The molecule has 4 heteroatoms. The van der Waals surface area contributed by atoms with Crippen LogP contribution in [-0.2, 0) is 12.8 Å². The van der Waals surface area contributed by atoms with Crippen molar-refractivity contribution in [1.82, 2.24) is 4.98 Å². The predicted molar refractivity (Wildman–Crippen MR) is 69.1 cm³/mol. The van der Waals surface area contributed by atoms with E-state index in [1.165, 1.54) is 12.8 Å². The maximum Gasteiger partial charge on any atom is 0.339 e. The number of fused-ring (bicyclic) bond motifs is 1. The maximum atomic E-state index is 11.3. The third kappa shape index (κ3) is 2.33. The largest absolute Gasteiger partial charge is 0.478 e. The monoisotopic (exact) mass is 246 g/mol. The fraction of sp³-hybridized carbons (Fsp3) is 0.571. The maximum absolute atomic E-state index is 11.3. The average molecular weight is 246 g/mol. The summed E-state index contributed by atoms with van der Waals surface area (Å²) in [6.07, 6.45) is 6.80. The lowest BCUT2D eigenvalue weighted by atomic mass is 10.1. The van der Waals surface area contributed by atoms with E-state index in [9.17, 15) is 9.90 Å². The van der Waals surface area contributed by atoms with Gasteiger partial charge in [-0.15, -0.1) is 0 Å². The highest BCUT2D eigenvalue weighted by Crippen LogP contribution is 2.32. The molecule has 0 aliphatic heterocycles. The van der Waals surface area contributed by atoms with E-state index >= 15 is 0 Å². The van der Waals surface area contributed by atoms with Crippen LogP contribution in [0.15, 0.2) is 6.07 Å². The molecule has 3 rings (SSSR count). The minimum absolute atomic E-state index is 0.325.